The van der Waals surface area contributed by atoms with Crippen LogP contribution in [0.1, 0.15) is 71.6 Å². The topological polar surface area (TPSA) is 46.2 Å². The van der Waals surface area contributed by atoms with E-state index in [4.69, 9.17) is 5.73 Å². The highest BCUT2D eigenvalue weighted by molar-refractivity contribution is 5.06. The fraction of sp³-hybridized carbons (Fsp3) is 1.00. The molecule has 0 amide bonds. The molecule has 2 heteroatoms. The van der Waals surface area contributed by atoms with Gasteiger partial charge in [0, 0.05) is 12.0 Å². The molecule has 106 valence electrons. The summed E-state index contributed by atoms with van der Waals surface area (Å²) < 4.78 is 0. The molecule has 0 heterocycles. The molecule has 18 heavy (non-hydrogen) atoms. The van der Waals surface area contributed by atoms with Gasteiger partial charge in [0.05, 0.1) is 5.60 Å². The summed E-state index contributed by atoms with van der Waals surface area (Å²) in [5, 5.41) is 11.2. The van der Waals surface area contributed by atoms with E-state index < -0.39 is 5.60 Å². The quantitative estimate of drug-likeness (QED) is 0.806. The minimum absolute atomic E-state index is 0.0210. The third kappa shape index (κ3) is 2.22. The molecule has 0 spiro atoms. The second-order valence-corrected chi connectivity index (χ2v) is 6.93. The third-order valence-corrected chi connectivity index (χ3v) is 6.08. The molecule has 0 saturated heterocycles. The van der Waals surface area contributed by atoms with Crippen LogP contribution in [-0.4, -0.2) is 17.3 Å². The Morgan fingerprint density at radius 2 is 1.83 bits per heavy atom. The van der Waals surface area contributed by atoms with E-state index in [9.17, 15) is 5.11 Å². The second-order valence-electron chi connectivity index (χ2n) is 6.93. The average Bonchev–Trinajstić information content (AvgIpc) is 2.73. The van der Waals surface area contributed by atoms with Gasteiger partial charge in [0.25, 0.3) is 0 Å². The van der Waals surface area contributed by atoms with Crippen molar-refractivity contribution in [1.29, 1.82) is 0 Å². The van der Waals surface area contributed by atoms with Crippen molar-refractivity contribution in [2.75, 3.05) is 6.54 Å². The first-order valence-corrected chi connectivity index (χ1v) is 8.00. The van der Waals surface area contributed by atoms with Crippen LogP contribution >= 0.6 is 0 Å². The summed E-state index contributed by atoms with van der Waals surface area (Å²) in [5.41, 5.74) is 5.67. The lowest BCUT2D eigenvalue weighted by molar-refractivity contribution is -0.126. The van der Waals surface area contributed by atoms with Crippen molar-refractivity contribution in [3.05, 3.63) is 0 Å². The van der Waals surface area contributed by atoms with Crippen LogP contribution in [0.15, 0.2) is 0 Å². The fourth-order valence-corrected chi connectivity index (χ4v) is 4.69. The van der Waals surface area contributed by atoms with Crippen LogP contribution in [0, 0.1) is 17.3 Å². The molecule has 0 radical (unpaired) electrons. The molecular formula is C16H31NO. The number of hydrogen-bond donors (Lipinski definition) is 2. The van der Waals surface area contributed by atoms with Crippen LogP contribution in [0.4, 0.5) is 0 Å². The van der Waals surface area contributed by atoms with Gasteiger partial charge < -0.3 is 10.8 Å². The van der Waals surface area contributed by atoms with Crippen molar-refractivity contribution in [2.45, 2.75) is 77.2 Å². The van der Waals surface area contributed by atoms with E-state index in [1.165, 1.54) is 38.5 Å². The van der Waals surface area contributed by atoms with Gasteiger partial charge in [0.15, 0.2) is 0 Å². The zero-order valence-electron chi connectivity index (χ0n) is 12.3. The van der Waals surface area contributed by atoms with Gasteiger partial charge in [-0.1, -0.05) is 33.1 Å². The highest BCUT2D eigenvalue weighted by Crippen LogP contribution is 2.54. The van der Waals surface area contributed by atoms with Crippen molar-refractivity contribution in [1.82, 2.24) is 0 Å². The molecule has 2 fully saturated rings. The molecule has 0 aromatic rings. The minimum atomic E-state index is -0.473. The summed E-state index contributed by atoms with van der Waals surface area (Å²) >= 11 is 0. The summed E-state index contributed by atoms with van der Waals surface area (Å²) in [6.07, 6.45) is 10.8. The maximum absolute atomic E-state index is 11.2. The molecule has 0 aromatic carbocycles. The van der Waals surface area contributed by atoms with Crippen LogP contribution in [0.3, 0.4) is 0 Å². The first-order chi connectivity index (χ1) is 8.58. The van der Waals surface area contributed by atoms with Crippen LogP contribution in [-0.2, 0) is 0 Å². The smallest absolute Gasteiger partial charge is 0.0741 e. The summed E-state index contributed by atoms with van der Waals surface area (Å²) in [5.74, 6) is 1.32. The lowest BCUT2D eigenvalue weighted by atomic mass is 9.58. The third-order valence-electron chi connectivity index (χ3n) is 6.08. The Morgan fingerprint density at radius 1 is 1.17 bits per heavy atom. The summed E-state index contributed by atoms with van der Waals surface area (Å²) in [6, 6.07) is 0. The zero-order valence-corrected chi connectivity index (χ0v) is 12.3. The zero-order chi connectivity index (χ0) is 13.2. The lowest BCUT2D eigenvalue weighted by Crippen LogP contribution is -2.55. The second kappa shape index (κ2) is 5.50. The van der Waals surface area contributed by atoms with E-state index in [-0.39, 0.29) is 5.41 Å². The van der Waals surface area contributed by atoms with E-state index in [1.54, 1.807) is 0 Å². The van der Waals surface area contributed by atoms with Crippen molar-refractivity contribution in [2.24, 2.45) is 23.0 Å². The predicted octanol–water partition coefficient (Wildman–Crippen LogP) is 3.47. The van der Waals surface area contributed by atoms with E-state index in [0.717, 1.165) is 25.2 Å². The maximum Gasteiger partial charge on any atom is 0.0741 e. The first-order valence-electron chi connectivity index (χ1n) is 8.00. The molecule has 2 aliphatic rings. The highest BCUT2D eigenvalue weighted by Gasteiger charge is 2.54. The summed E-state index contributed by atoms with van der Waals surface area (Å²) in [4.78, 5) is 0. The number of aliphatic hydroxyl groups is 1. The Hall–Kier alpha value is -0.0800. The van der Waals surface area contributed by atoms with Gasteiger partial charge in [-0.25, -0.2) is 0 Å². The molecule has 2 aliphatic carbocycles. The van der Waals surface area contributed by atoms with Gasteiger partial charge in [-0.05, 0) is 50.4 Å². The number of nitrogens with two attached hydrogens (primary N) is 1. The van der Waals surface area contributed by atoms with Crippen LogP contribution in [0.5, 0.6) is 0 Å². The Balaban J connectivity index is 2.08. The van der Waals surface area contributed by atoms with Gasteiger partial charge in [0.2, 0.25) is 0 Å². The van der Waals surface area contributed by atoms with Gasteiger partial charge in [-0.15, -0.1) is 0 Å². The van der Waals surface area contributed by atoms with Gasteiger partial charge in [0.1, 0.15) is 0 Å². The van der Waals surface area contributed by atoms with Crippen LogP contribution in [0.2, 0.25) is 0 Å². The average molecular weight is 253 g/mol. The molecule has 2 unspecified atom stereocenters. The molecule has 0 aliphatic heterocycles. The van der Waals surface area contributed by atoms with Crippen LogP contribution in [0.25, 0.3) is 0 Å². The standard InChI is InChI=1S/C16H31NO/c1-3-5-14-7-10-15(12-17,11-8-14)16(18)9-4-6-13(16)2/h13-14,18H,3-12,17H2,1-2H3. The summed E-state index contributed by atoms with van der Waals surface area (Å²) in [6.45, 7) is 5.17. The van der Waals surface area contributed by atoms with E-state index >= 15 is 0 Å². The Kier molecular flexibility index (Phi) is 4.38. The largest absolute Gasteiger partial charge is 0.389 e. The van der Waals surface area contributed by atoms with E-state index in [1.807, 2.05) is 0 Å². The maximum atomic E-state index is 11.2. The molecule has 2 rings (SSSR count). The normalized spacial score (nSPS) is 45.3. The van der Waals surface area contributed by atoms with Gasteiger partial charge >= 0.3 is 0 Å². The Labute approximate surface area is 112 Å². The highest BCUT2D eigenvalue weighted by atomic mass is 16.3. The first kappa shape index (κ1) is 14.3. The Morgan fingerprint density at radius 3 is 2.28 bits per heavy atom. The van der Waals surface area contributed by atoms with Crippen molar-refractivity contribution in [3.63, 3.8) is 0 Å². The number of hydrogen-bond acceptors (Lipinski definition) is 2. The van der Waals surface area contributed by atoms with Crippen molar-refractivity contribution in [3.8, 4) is 0 Å². The molecule has 0 bridgehead atoms. The van der Waals surface area contributed by atoms with Crippen LogP contribution < -0.4 is 5.73 Å². The van der Waals surface area contributed by atoms with Crippen molar-refractivity contribution >= 4 is 0 Å². The monoisotopic (exact) mass is 253 g/mol. The summed E-state index contributed by atoms with van der Waals surface area (Å²) in [7, 11) is 0. The molecule has 2 saturated carbocycles. The van der Waals surface area contributed by atoms with Gasteiger partial charge in [-0.3, -0.25) is 0 Å². The fourth-order valence-electron chi connectivity index (χ4n) is 4.69. The Bertz CT molecular complexity index is 270. The SMILES string of the molecule is CCCC1CCC(CN)(C2(O)CCCC2C)CC1. The molecular weight excluding hydrogens is 222 g/mol. The van der Waals surface area contributed by atoms with Crippen molar-refractivity contribution < 1.29 is 5.11 Å². The lowest BCUT2D eigenvalue weighted by Gasteiger charge is -2.51. The van der Waals surface area contributed by atoms with Gasteiger partial charge in [-0.2, -0.15) is 0 Å². The minimum Gasteiger partial charge on any atom is -0.389 e. The molecule has 0 aromatic heterocycles. The molecule has 2 nitrogen and oxygen atoms in total. The van der Waals surface area contributed by atoms with E-state index in [0.29, 0.717) is 12.5 Å². The number of rotatable bonds is 4. The predicted molar refractivity (Wildman–Crippen MR) is 76.3 cm³/mol. The molecule has 3 N–H and O–H groups in total. The molecule has 2 atom stereocenters. The van der Waals surface area contributed by atoms with E-state index in [2.05, 4.69) is 13.8 Å².